The van der Waals surface area contributed by atoms with E-state index >= 15 is 0 Å². The molecule has 0 aliphatic heterocycles. The van der Waals surface area contributed by atoms with Gasteiger partial charge in [-0.25, -0.2) is 13.1 Å². The molecule has 0 fully saturated rings. The molecule has 19 heavy (non-hydrogen) atoms. The Hall–Kier alpha value is -1.07. The Labute approximate surface area is 116 Å². The maximum atomic E-state index is 11.8. The minimum atomic E-state index is -3.38. The number of rotatable bonds is 7. The quantitative estimate of drug-likeness (QED) is 0.809. The van der Waals surface area contributed by atoms with Crippen molar-refractivity contribution in [2.45, 2.75) is 38.5 Å². The fourth-order valence-corrected chi connectivity index (χ4v) is 2.66. The molecule has 0 saturated heterocycles. The van der Waals surface area contributed by atoms with E-state index in [1.807, 2.05) is 13.0 Å². The van der Waals surface area contributed by atoms with Gasteiger partial charge in [-0.3, -0.25) is 0 Å². The molecule has 1 aromatic carbocycles. The first kappa shape index (κ1) is 16.0. The summed E-state index contributed by atoms with van der Waals surface area (Å²) >= 11 is 0. The summed E-state index contributed by atoms with van der Waals surface area (Å²) in [6.07, 6.45) is 2.24. The molecular weight excluding hydrogens is 260 g/mol. The van der Waals surface area contributed by atoms with Gasteiger partial charge in [0.15, 0.2) is 0 Å². The van der Waals surface area contributed by atoms with E-state index in [2.05, 4.69) is 23.9 Å². The first-order valence-electron chi connectivity index (χ1n) is 6.72. The highest BCUT2D eigenvalue weighted by Gasteiger charge is 2.13. The molecule has 0 heterocycles. The van der Waals surface area contributed by atoms with E-state index < -0.39 is 10.0 Å². The van der Waals surface area contributed by atoms with Gasteiger partial charge in [0, 0.05) is 12.2 Å². The summed E-state index contributed by atoms with van der Waals surface area (Å²) in [6.45, 7) is 7.19. The molecule has 0 spiro atoms. The van der Waals surface area contributed by atoms with E-state index in [0.717, 1.165) is 30.6 Å². The Bertz CT molecular complexity index is 508. The van der Waals surface area contributed by atoms with Crippen molar-refractivity contribution in [3.05, 3.63) is 23.8 Å². The number of nitrogens with one attached hydrogen (secondary N) is 2. The molecular formula is C14H24N2O2S. The summed E-state index contributed by atoms with van der Waals surface area (Å²) < 4.78 is 25.9. The molecule has 0 amide bonds. The van der Waals surface area contributed by atoms with Crippen LogP contribution in [0.2, 0.25) is 0 Å². The van der Waals surface area contributed by atoms with Gasteiger partial charge in [0.05, 0.1) is 4.90 Å². The van der Waals surface area contributed by atoms with Crippen LogP contribution in [-0.2, 0) is 10.0 Å². The van der Waals surface area contributed by atoms with Crippen LogP contribution in [0.4, 0.5) is 5.69 Å². The van der Waals surface area contributed by atoms with Crippen LogP contribution < -0.4 is 10.0 Å². The minimum absolute atomic E-state index is 0.299. The molecule has 5 heteroatoms. The molecule has 0 radical (unpaired) electrons. The molecule has 0 saturated carbocycles. The zero-order chi connectivity index (χ0) is 14.5. The molecule has 0 unspecified atom stereocenters. The second kappa shape index (κ2) is 6.91. The fraction of sp³-hybridized carbons (Fsp3) is 0.571. The van der Waals surface area contributed by atoms with Gasteiger partial charge in [-0.2, -0.15) is 0 Å². The highest BCUT2D eigenvalue weighted by molar-refractivity contribution is 7.89. The Morgan fingerprint density at radius 3 is 2.37 bits per heavy atom. The van der Waals surface area contributed by atoms with E-state index in [4.69, 9.17) is 0 Å². The van der Waals surface area contributed by atoms with Gasteiger partial charge in [0.1, 0.15) is 0 Å². The van der Waals surface area contributed by atoms with Crippen molar-refractivity contribution in [2.75, 3.05) is 18.9 Å². The van der Waals surface area contributed by atoms with E-state index in [1.165, 1.54) is 7.05 Å². The summed E-state index contributed by atoms with van der Waals surface area (Å²) in [6, 6.07) is 5.16. The zero-order valence-corrected chi connectivity index (χ0v) is 13.0. The van der Waals surface area contributed by atoms with Crippen molar-refractivity contribution in [3.63, 3.8) is 0 Å². The van der Waals surface area contributed by atoms with Crippen molar-refractivity contribution < 1.29 is 8.42 Å². The SMILES string of the molecule is CCC(CC)CNc1cc(S(=O)(=O)NC)ccc1C. The summed E-state index contributed by atoms with van der Waals surface area (Å²) in [5, 5.41) is 3.36. The molecule has 0 atom stereocenters. The van der Waals surface area contributed by atoms with Gasteiger partial charge in [0.2, 0.25) is 10.0 Å². The van der Waals surface area contributed by atoms with E-state index in [0.29, 0.717) is 10.8 Å². The van der Waals surface area contributed by atoms with Crippen molar-refractivity contribution in [1.82, 2.24) is 4.72 Å². The van der Waals surface area contributed by atoms with Crippen LogP contribution in [0.15, 0.2) is 23.1 Å². The van der Waals surface area contributed by atoms with E-state index in [1.54, 1.807) is 12.1 Å². The second-order valence-electron chi connectivity index (χ2n) is 4.75. The predicted octanol–water partition coefficient (Wildman–Crippen LogP) is 2.75. The third-order valence-electron chi connectivity index (χ3n) is 3.52. The zero-order valence-electron chi connectivity index (χ0n) is 12.2. The first-order chi connectivity index (χ1) is 8.94. The van der Waals surface area contributed by atoms with Crippen LogP contribution in [0.25, 0.3) is 0 Å². The number of sulfonamides is 1. The third-order valence-corrected chi connectivity index (χ3v) is 4.94. The Morgan fingerprint density at radius 2 is 1.84 bits per heavy atom. The lowest BCUT2D eigenvalue weighted by Crippen LogP contribution is -2.19. The second-order valence-corrected chi connectivity index (χ2v) is 6.63. The van der Waals surface area contributed by atoms with Crippen molar-refractivity contribution >= 4 is 15.7 Å². The summed E-state index contributed by atoms with van der Waals surface area (Å²) in [4.78, 5) is 0.299. The van der Waals surface area contributed by atoms with E-state index in [9.17, 15) is 8.42 Å². The molecule has 2 N–H and O–H groups in total. The largest absolute Gasteiger partial charge is 0.385 e. The lowest BCUT2D eigenvalue weighted by atomic mass is 10.0. The topological polar surface area (TPSA) is 58.2 Å². The Balaban J connectivity index is 2.92. The number of hydrogen-bond acceptors (Lipinski definition) is 3. The van der Waals surface area contributed by atoms with Crippen LogP contribution in [0, 0.1) is 12.8 Å². The third kappa shape index (κ3) is 4.21. The van der Waals surface area contributed by atoms with Crippen molar-refractivity contribution in [3.8, 4) is 0 Å². The van der Waals surface area contributed by atoms with Gasteiger partial charge < -0.3 is 5.32 Å². The molecule has 0 bridgehead atoms. The van der Waals surface area contributed by atoms with Crippen LogP contribution in [0.3, 0.4) is 0 Å². The smallest absolute Gasteiger partial charge is 0.240 e. The number of hydrogen-bond donors (Lipinski definition) is 2. The molecule has 4 nitrogen and oxygen atoms in total. The fourth-order valence-electron chi connectivity index (χ4n) is 1.91. The first-order valence-corrected chi connectivity index (χ1v) is 8.21. The van der Waals surface area contributed by atoms with Crippen LogP contribution >= 0.6 is 0 Å². The maximum Gasteiger partial charge on any atom is 0.240 e. The normalized spacial score (nSPS) is 11.8. The van der Waals surface area contributed by atoms with Gasteiger partial charge >= 0.3 is 0 Å². The molecule has 108 valence electrons. The standard InChI is InChI=1S/C14H24N2O2S/c1-5-12(6-2)10-16-14-9-13(8-7-11(14)3)19(17,18)15-4/h7-9,12,15-16H,5-6,10H2,1-4H3. The Kier molecular flexibility index (Phi) is 5.82. The van der Waals surface area contributed by atoms with Crippen molar-refractivity contribution in [2.24, 2.45) is 5.92 Å². The average Bonchev–Trinajstić information content (AvgIpc) is 2.41. The predicted molar refractivity (Wildman–Crippen MR) is 80.0 cm³/mol. The molecule has 1 rings (SSSR count). The summed E-state index contributed by atoms with van der Waals surface area (Å²) in [5.41, 5.74) is 1.95. The minimum Gasteiger partial charge on any atom is -0.385 e. The van der Waals surface area contributed by atoms with Gasteiger partial charge in [0.25, 0.3) is 0 Å². The van der Waals surface area contributed by atoms with Gasteiger partial charge in [-0.1, -0.05) is 32.8 Å². The molecule has 0 aliphatic rings. The number of aryl methyl sites for hydroxylation is 1. The highest BCUT2D eigenvalue weighted by atomic mass is 32.2. The lowest BCUT2D eigenvalue weighted by Gasteiger charge is -2.16. The summed E-state index contributed by atoms with van der Waals surface area (Å²) in [7, 11) is -1.95. The maximum absolute atomic E-state index is 11.8. The molecule has 0 aromatic heterocycles. The monoisotopic (exact) mass is 284 g/mol. The molecule has 0 aliphatic carbocycles. The van der Waals surface area contributed by atoms with Crippen LogP contribution in [-0.4, -0.2) is 22.0 Å². The highest BCUT2D eigenvalue weighted by Crippen LogP contribution is 2.21. The van der Waals surface area contributed by atoms with Gasteiger partial charge in [-0.15, -0.1) is 0 Å². The summed E-state index contributed by atoms with van der Waals surface area (Å²) in [5.74, 6) is 0.615. The number of benzene rings is 1. The van der Waals surface area contributed by atoms with Crippen LogP contribution in [0.1, 0.15) is 32.3 Å². The van der Waals surface area contributed by atoms with Crippen molar-refractivity contribution in [1.29, 1.82) is 0 Å². The Morgan fingerprint density at radius 1 is 1.21 bits per heavy atom. The molecule has 1 aromatic rings. The van der Waals surface area contributed by atoms with E-state index in [-0.39, 0.29) is 0 Å². The van der Waals surface area contributed by atoms with Gasteiger partial charge in [-0.05, 0) is 37.6 Å². The van der Waals surface area contributed by atoms with Crippen LogP contribution in [0.5, 0.6) is 0 Å². The number of anilines is 1. The lowest BCUT2D eigenvalue weighted by molar-refractivity contribution is 0.519. The average molecular weight is 284 g/mol.